The van der Waals surface area contributed by atoms with E-state index in [1.165, 1.54) is 12.1 Å². The van der Waals surface area contributed by atoms with E-state index < -0.39 is 10.0 Å². The summed E-state index contributed by atoms with van der Waals surface area (Å²) in [6.07, 6.45) is 0. The average Bonchev–Trinajstić information content (AvgIpc) is 2.61. The Morgan fingerprint density at radius 2 is 1.71 bits per heavy atom. The normalized spacial score (nSPS) is 11.6. The molecule has 9 heteroatoms. The third-order valence-electron chi connectivity index (χ3n) is 3.86. The molecular weight excluding hydrogens is 378 g/mol. The van der Waals surface area contributed by atoms with Gasteiger partial charge in [0.2, 0.25) is 5.91 Å². The van der Waals surface area contributed by atoms with E-state index in [1.807, 2.05) is 18.2 Å². The lowest BCUT2D eigenvalue weighted by Gasteiger charge is -2.13. The molecule has 1 aromatic heterocycles. The number of rotatable bonds is 6. The Morgan fingerprint density at radius 3 is 2.39 bits per heavy atom. The lowest BCUT2D eigenvalue weighted by Crippen LogP contribution is -2.27. The molecule has 8 nitrogen and oxygen atoms in total. The second-order valence-electron chi connectivity index (χ2n) is 6.57. The van der Waals surface area contributed by atoms with Crippen LogP contribution in [0.3, 0.4) is 0 Å². The van der Waals surface area contributed by atoms with Gasteiger partial charge in [-0.1, -0.05) is 18.2 Å². The van der Waals surface area contributed by atoms with Crippen molar-refractivity contribution in [3.8, 4) is 0 Å². The quantitative estimate of drug-likeness (QED) is 0.659. The summed E-state index contributed by atoms with van der Waals surface area (Å²) in [6, 6.07) is 13.3. The molecule has 0 aliphatic heterocycles. The number of fused-ring (bicyclic) bond motifs is 1. The van der Waals surface area contributed by atoms with Crippen molar-refractivity contribution >= 4 is 38.5 Å². The summed E-state index contributed by atoms with van der Waals surface area (Å²) in [5.74, 6) is -0.0653. The molecule has 0 spiro atoms. The first-order valence-electron chi connectivity index (χ1n) is 8.55. The van der Waals surface area contributed by atoms with Gasteiger partial charge in [-0.3, -0.25) is 9.52 Å². The fourth-order valence-electron chi connectivity index (χ4n) is 2.60. The first-order chi connectivity index (χ1) is 13.2. The Labute approximate surface area is 163 Å². The van der Waals surface area contributed by atoms with Crippen molar-refractivity contribution in [2.45, 2.75) is 11.8 Å². The second-order valence-corrected chi connectivity index (χ2v) is 8.25. The molecule has 3 aromatic rings. The number of amides is 1. The molecule has 146 valence electrons. The molecule has 2 aromatic carbocycles. The van der Waals surface area contributed by atoms with E-state index >= 15 is 0 Å². The van der Waals surface area contributed by atoms with Gasteiger partial charge in [-0.05, 0) is 51.4 Å². The largest absolute Gasteiger partial charge is 0.325 e. The van der Waals surface area contributed by atoms with Crippen LogP contribution in [-0.2, 0) is 14.8 Å². The zero-order chi connectivity index (χ0) is 20.3. The van der Waals surface area contributed by atoms with Crippen LogP contribution in [0.25, 0.3) is 11.0 Å². The average molecular weight is 399 g/mol. The van der Waals surface area contributed by atoms with Gasteiger partial charge in [0.15, 0.2) is 5.82 Å². The number of nitrogens with zero attached hydrogens (tertiary/aromatic N) is 3. The van der Waals surface area contributed by atoms with Crippen LogP contribution in [0.4, 0.5) is 11.5 Å². The third kappa shape index (κ3) is 4.62. The van der Waals surface area contributed by atoms with Crippen molar-refractivity contribution in [2.75, 3.05) is 30.7 Å². The molecular formula is C19H21N5O3S. The van der Waals surface area contributed by atoms with Gasteiger partial charge in [-0.25, -0.2) is 18.4 Å². The Kier molecular flexibility index (Phi) is 5.57. The van der Waals surface area contributed by atoms with Crippen LogP contribution in [-0.4, -0.2) is 49.8 Å². The van der Waals surface area contributed by atoms with Crippen LogP contribution >= 0.6 is 0 Å². The van der Waals surface area contributed by atoms with Gasteiger partial charge in [-0.15, -0.1) is 0 Å². The highest BCUT2D eigenvalue weighted by Crippen LogP contribution is 2.21. The van der Waals surface area contributed by atoms with Crippen molar-refractivity contribution in [1.82, 2.24) is 14.9 Å². The summed E-state index contributed by atoms with van der Waals surface area (Å²) in [5.41, 5.74) is 2.15. The summed E-state index contributed by atoms with van der Waals surface area (Å²) >= 11 is 0. The van der Waals surface area contributed by atoms with E-state index in [9.17, 15) is 13.2 Å². The number of para-hydroxylation sites is 2. The fourth-order valence-corrected chi connectivity index (χ4v) is 3.71. The number of benzene rings is 2. The smallest absolute Gasteiger partial charge is 0.263 e. The molecule has 0 aliphatic carbocycles. The van der Waals surface area contributed by atoms with E-state index in [0.717, 1.165) is 0 Å². The second kappa shape index (κ2) is 7.91. The van der Waals surface area contributed by atoms with Crippen LogP contribution in [0.15, 0.2) is 53.4 Å². The minimum absolute atomic E-state index is 0.0181. The summed E-state index contributed by atoms with van der Waals surface area (Å²) < 4.78 is 28.1. The Morgan fingerprint density at radius 1 is 1.04 bits per heavy atom. The van der Waals surface area contributed by atoms with E-state index in [4.69, 9.17) is 0 Å². The van der Waals surface area contributed by atoms with Crippen LogP contribution in [0, 0.1) is 6.92 Å². The zero-order valence-corrected chi connectivity index (χ0v) is 16.6. The Balaban J connectivity index is 1.86. The standard InChI is InChI=1S/C19H21N5O3S/c1-13-19(22-17-10-5-4-9-16(17)20-13)23-28(26,27)15-8-6-7-14(11-15)21-18(25)12-24(2)3/h4-11H,12H2,1-3H3,(H,21,25)(H,22,23). The van der Waals surface area contributed by atoms with Crippen molar-refractivity contribution in [1.29, 1.82) is 0 Å². The molecule has 1 heterocycles. The van der Waals surface area contributed by atoms with Crippen molar-refractivity contribution < 1.29 is 13.2 Å². The molecule has 0 saturated heterocycles. The highest BCUT2D eigenvalue weighted by atomic mass is 32.2. The molecule has 0 aliphatic rings. The number of hydrogen-bond acceptors (Lipinski definition) is 6. The predicted molar refractivity (Wildman–Crippen MR) is 109 cm³/mol. The van der Waals surface area contributed by atoms with Crippen LogP contribution in [0.5, 0.6) is 0 Å². The molecule has 0 atom stereocenters. The Bertz CT molecular complexity index is 1130. The van der Waals surface area contributed by atoms with Crippen molar-refractivity contribution in [3.63, 3.8) is 0 Å². The number of nitrogens with one attached hydrogen (secondary N) is 2. The number of sulfonamides is 1. The van der Waals surface area contributed by atoms with Gasteiger partial charge in [0.05, 0.1) is 28.2 Å². The molecule has 0 saturated carbocycles. The minimum Gasteiger partial charge on any atom is -0.325 e. The molecule has 0 unspecified atom stereocenters. The monoisotopic (exact) mass is 399 g/mol. The van der Waals surface area contributed by atoms with Gasteiger partial charge in [-0.2, -0.15) is 0 Å². The number of carbonyl (C=O) groups excluding carboxylic acids is 1. The highest BCUT2D eigenvalue weighted by molar-refractivity contribution is 7.92. The number of hydrogen-bond donors (Lipinski definition) is 2. The van der Waals surface area contributed by atoms with E-state index in [2.05, 4.69) is 20.0 Å². The van der Waals surface area contributed by atoms with Crippen molar-refractivity contribution in [2.24, 2.45) is 0 Å². The van der Waals surface area contributed by atoms with Gasteiger partial charge < -0.3 is 10.2 Å². The molecule has 2 N–H and O–H groups in total. The summed E-state index contributed by atoms with van der Waals surface area (Å²) in [6.45, 7) is 1.89. The lowest BCUT2D eigenvalue weighted by atomic mass is 10.3. The van der Waals surface area contributed by atoms with Gasteiger partial charge >= 0.3 is 0 Å². The van der Waals surface area contributed by atoms with Crippen LogP contribution in [0.1, 0.15) is 5.69 Å². The Hall–Kier alpha value is -3.04. The van der Waals surface area contributed by atoms with Gasteiger partial charge in [0.25, 0.3) is 10.0 Å². The van der Waals surface area contributed by atoms with E-state index in [0.29, 0.717) is 22.4 Å². The summed E-state index contributed by atoms with van der Waals surface area (Å²) in [5, 5.41) is 2.68. The minimum atomic E-state index is -3.90. The topological polar surface area (TPSA) is 104 Å². The maximum absolute atomic E-state index is 12.8. The first-order valence-corrected chi connectivity index (χ1v) is 10.0. The first kappa shape index (κ1) is 19.7. The summed E-state index contributed by atoms with van der Waals surface area (Å²) in [7, 11) is -0.350. The molecule has 28 heavy (non-hydrogen) atoms. The maximum atomic E-state index is 12.8. The van der Waals surface area contributed by atoms with Crippen molar-refractivity contribution in [3.05, 3.63) is 54.2 Å². The van der Waals surface area contributed by atoms with Gasteiger partial charge in [0, 0.05) is 5.69 Å². The molecule has 1 amide bonds. The summed E-state index contributed by atoms with van der Waals surface area (Å²) in [4.78, 5) is 22.4. The molecule has 0 radical (unpaired) electrons. The number of carbonyl (C=O) groups is 1. The molecule has 0 fully saturated rings. The van der Waals surface area contributed by atoms with E-state index in [1.54, 1.807) is 44.1 Å². The lowest BCUT2D eigenvalue weighted by molar-refractivity contribution is -0.116. The maximum Gasteiger partial charge on any atom is 0.263 e. The number of aryl methyl sites for hydroxylation is 1. The van der Waals surface area contributed by atoms with Crippen LogP contribution in [0.2, 0.25) is 0 Å². The highest BCUT2D eigenvalue weighted by Gasteiger charge is 2.18. The van der Waals surface area contributed by atoms with Gasteiger partial charge in [0.1, 0.15) is 0 Å². The van der Waals surface area contributed by atoms with E-state index in [-0.39, 0.29) is 23.2 Å². The third-order valence-corrected chi connectivity index (χ3v) is 5.20. The SMILES string of the molecule is Cc1nc2ccccc2nc1NS(=O)(=O)c1cccc(NC(=O)CN(C)C)c1. The number of anilines is 2. The zero-order valence-electron chi connectivity index (χ0n) is 15.8. The number of aromatic nitrogens is 2. The molecule has 3 rings (SSSR count). The number of likely N-dealkylation sites (N-methyl/N-ethyl adjacent to an activating group) is 1. The van der Waals surface area contributed by atoms with Crippen LogP contribution < -0.4 is 10.0 Å². The molecule has 0 bridgehead atoms. The predicted octanol–water partition coefficient (Wildman–Crippen LogP) is 2.24. The fraction of sp³-hybridized carbons (Fsp3) is 0.211.